The Morgan fingerprint density at radius 1 is 1.09 bits per heavy atom. The Kier molecular flexibility index (Phi) is 6.74. The van der Waals surface area contributed by atoms with Crippen molar-refractivity contribution in [2.75, 3.05) is 32.6 Å². The zero-order valence-corrected chi connectivity index (χ0v) is 19.1. The number of nitrogens with one attached hydrogen (secondary N) is 1. The molecule has 8 nitrogen and oxygen atoms in total. The third-order valence-corrected chi connectivity index (χ3v) is 5.81. The van der Waals surface area contributed by atoms with Crippen LogP contribution in [0.2, 0.25) is 0 Å². The Labute approximate surface area is 192 Å². The summed E-state index contributed by atoms with van der Waals surface area (Å²) in [5.74, 6) is 1.28. The van der Waals surface area contributed by atoms with Gasteiger partial charge in [-0.25, -0.2) is 4.98 Å². The van der Waals surface area contributed by atoms with Crippen LogP contribution in [0, 0.1) is 0 Å². The first-order chi connectivity index (χ1) is 16.0. The minimum atomic E-state index is -0.338. The van der Waals surface area contributed by atoms with E-state index in [1.165, 1.54) is 4.57 Å². The van der Waals surface area contributed by atoms with Crippen molar-refractivity contribution in [3.8, 4) is 22.9 Å². The molecule has 1 aliphatic rings. The second-order valence-corrected chi connectivity index (χ2v) is 7.89. The smallest absolute Gasteiger partial charge is 0.259 e. The average molecular weight is 449 g/mol. The quantitative estimate of drug-likeness (QED) is 0.598. The molecule has 3 aromatic rings. The minimum Gasteiger partial charge on any atom is -0.497 e. The van der Waals surface area contributed by atoms with Gasteiger partial charge in [-0.05, 0) is 6.54 Å². The number of methoxy groups -OCH3 is 2. The van der Waals surface area contributed by atoms with E-state index in [0.29, 0.717) is 35.1 Å². The summed E-state index contributed by atoms with van der Waals surface area (Å²) in [6.07, 6.45) is 0.717. The molecule has 0 fully saturated rings. The third kappa shape index (κ3) is 4.90. The maximum atomic E-state index is 13.5. The summed E-state index contributed by atoms with van der Waals surface area (Å²) in [6.45, 7) is 4.19. The molecule has 0 aliphatic carbocycles. The molecule has 0 atom stereocenters. The van der Waals surface area contributed by atoms with E-state index in [1.54, 1.807) is 32.4 Å². The van der Waals surface area contributed by atoms with Crippen molar-refractivity contribution in [2.24, 2.45) is 0 Å². The zero-order valence-electron chi connectivity index (χ0n) is 19.1. The molecule has 0 radical (unpaired) electrons. The zero-order chi connectivity index (χ0) is 23.4. The Balaban J connectivity index is 1.70. The van der Waals surface area contributed by atoms with Crippen LogP contribution in [-0.2, 0) is 24.3 Å². The third-order valence-electron chi connectivity index (χ3n) is 5.81. The summed E-state index contributed by atoms with van der Waals surface area (Å²) in [5, 5.41) is 2.85. The predicted octanol–water partition coefficient (Wildman–Crippen LogP) is 2.94. The number of hydrogen-bond acceptors (Lipinski definition) is 6. The highest BCUT2D eigenvalue weighted by Crippen LogP contribution is 2.26. The predicted molar refractivity (Wildman–Crippen MR) is 127 cm³/mol. The molecule has 1 aromatic heterocycles. The van der Waals surface area contributed by atoms with E-state index in [-0.39, 0.29) is 18.0 Å². The first-order valence-electron chi connectivity index (χ1n) is 11.0. The number of benzene rings is 2. The molecule has 8 heteroatoms. The van der Waals surface area contributed by atoms with Crippen molar-refractivity contribution in [1.82, 2.24) is 14.5 Å². The Morgan fingerprint density at radius 2 is 1.79 bits per heavy atom. The van der Waals surface area contributed by atoms with Gasteiger partial charge in [-0.2, -0.15) is 0 Å². The molecular weight excluding hydrogens is 420 g/mol. The standard InChI is InChI=1S/C25H28N4O4/c1-4-28-11-10-22-21(15-28)25(31)29(24(27-22)17-8-6-5-7-9-17)16-23(30)26-18-12-19(32-2)14-20(13-18)33-3/h5-9,12-14H,4,10-11,15-16H2,1-3H3,(H,26,30). The minimum absolute atomic E-state index is 0.158. The molecule has 2 heterocycles. The highest BCUT2D eigenvalue weighted by molar-refractivity contribution is 5.91. The number of anilines is 1. The first kappa shape index (κ1) is 22.5. The van der Waals surface area contributed by atoms with Crippen LogP contribution in [0.25, 0.3) is 11.4 Å². The van der Waals surface area contributed by atoms with Gasteiger partial charge in [-0.1, -0.05) is 37.3 Å². The molecule has 0 saturated carbocycles. The lowest BCUT2D eigenvalue weighted by Gasteiger charge is -2.27. The number of amides is 1. The number of fused-ring (bicyclic) bond motifs is 1. The van der Waals surface area contributed by atoms with Crippen molar-refractivity contribution in [3.05, 3.63) is 70.1 Å². The van der Waals surface area contributed by atoms with Crippen LogP contribution in [0.4, 0.5) is 5.69 Å². The van der Waals surface area contributed by atoms with E-state index in [4.69, 9.17) is 14.5 Å². The molecule has 172 valence electrons. The largest absolute Gasteiger partial charge is 0.497 e. The summed E-state index contributed by atoms with van der Waals surface area (Å²) >= 11 is 0. The van der Waals surface area contributed by atoms with Gasteiger partial charge in [-0.15, -0.1) is 0 Å². The van der Waals surface area contributed by atoms with E-state index in [2.05, 4.69) is 17.1 Å². The molecule has 0 saturated heterocycles. The molecular formula is C25H28N4O4. The summed E-state index contributed by atoms with van der Waals surface area (Å²) < 4.78 is 12.0. The van der Waals surface area contributed by atoms with Crippen LogP contribution in [0.15, 0.2) is 53.3 Å². The number of rotatable bonds is 7. The molecule has 1 amide bonds. The molecule has 0 spiro atoms. The number of likely N-dealkylation sites (N-methyl/N-ethyl adjacent to an activating group) is 1. The van der Waals surface area contributed by atoms with Gasteiger partial charge in [0, 0.05) is 49.0 Å². The van der Waals surface area contributed by atoms with Crippen molar-refractivity contribution in [1.29, 1.82) is 0 Å². The van der Waals surface area contributed by atoms with Crippen molar-refractivity contribution in [2.45, 2.75) is 26.4 Å². The van der Waals surface area contributed by atoms with E-state index in [9.17, 15) is 9.59 Å². The summed E-state index contributed by atoms with van der Waals surface area (Å²) in [4.78, 5) is 33.6. The second kappa shape index (κ2) is 9.87. The summed E-state index contributed by atoms with van der Waals surface area (Å²) in [7, 11) is 3.09. The lowest BCUT2D eigenvalue weighted by Crippen LogP contribution is -2.39. The number of nitrogens with zero attached hydrogens (tertiary/aromatic N) is 3. The fourth-order valence-corrected chi connectivity index (χ4v) is 4.02. The number of hydrogen-bond donors (Lipinski definition) is 1. The van der Waals surface area contributed by atoms with Crippen molar-refractivity contribution in [3.63, 3.8) is 0 Å². The number of ether oxygens (including phenoxy) is 2. The van der Waals surface area contributed by atoms with E-state index < -0.39 is 0 Å². The van der Waals surface area contributed by atoms with Gasteiger partial charge in [0.2, 0.25) is 5.91 Å². The number of aromatic nitrogens is 2. The maximum Gasteiger partial charge on any atom is 0.259 e. The van der Waals surface area contributed by atoms with Gasteiger partial charge in [0.1, 0.15) is 23.9 Å². The van der Waals surface area contributed by atoms with Gasteiger partial charge in [0.25, 0.3) is 5.56 Å². The van der Waals surface area contributed by atoms with Crippen molar-refractivity contribution < 1.29 is 14.3 Å². The van der Waals surface area contributed by atoms with E-state index in [0.717, 1.165) is 30.8 Å². The maximum absolute atomic E-state index is 13.5. The van der Waals surface area contributed by atoms with Crippen LogP contribution < -0.4 is 20.3 Å². The Hall–Kier alpha value is -3.65. The molecule has 2 aromatic carbocycles. The van der Waals surface area contributed by atoms with Crippen LogP contribution in [0.5, 0.6) is 11.5 Å². The normalized spacial score (nSPS) is 13.3. The molecule has 33 heavy (non-hydrogen) atoms. The highest BCUT2D eigenvalue weighted by Gasteiger charge is 2.24. The van der Waals surface area contributed by atoms with Crippen LogP contribution in [-0.4, -0.2) is 47.7 Å². The van der Waals surface area contributed by atoms with Gasteiger partial charge >= 0.3 is 0 Å². The van der Waals surface area contributed by atoms with Crippen LogP contribution >= 0.6 is 0 Å². The lowest BCUT2D eigenvalue weighted by atomic mass is 10.1. The summed E-state index contributed by atoms with van der Waals surface area (Å²) in [6, 6.07) is 14.6. The Bertz CT molecular complexity index is 1180. The molecule has 4 rings (SSSR count). The topological polar surface area (TPSA) is 85.7 Å². The lowest BCUT2D eigenvalue weighted by molar-refractivity contribution is -0.116. The SMILES string of the molecule is CCN1CCc2nc(-c3ccccc3)n(CC(=O)Nc3cc(OC)cc(OC)c3)c(=O)c2C1. The fraction of sp³-hybridized carbons (Fsp3) is 0.320. The summed E-state index contributed by atoms with van der Waals surface area (Å²) in [5.41, 5.74) is 2.63. The second-order valence-electron chi connectivity index (χ2n) is 7.89. The van der Waals surface area contributed by atoms with E-state index >= 15 is 0 Å². The van der Waals surface area contributed by atoms with Gasteiger partial charge in [-0.3, -0.25) is 19.1 Å². The highest BCUT2D eigenvalue weighted by atomic mass is 16.5. The average Bonchev–Trinajstić information content (AvgIpc) is 2.85. The van der Waals surface area contributed by atoms with Gasteiger partial charge in [0.15, 0.2) is 0 Å². The first-order valence-corrected chi connectivity index (χ1v) is 11.0. The van der Waals surface area contributed by atoms with Gasteiger partial charge in [0.05, 0.1) is 25.5 Å². The molecule has 1 N–H and O–H groups in total. The van der Waals surface area contributed by atoms with Crippen molar-refractivity contribution >= 4 is 11.6 Å². The molecule has 1 aliphatic heterocycles. The number of carbonyl (C=O) groups is 1. The van der Waals surface area contributed by atoms with Crippen LogP contribution in [0.1, 0.15) is 18.2 Å². The van der Waals surface area contributed by atoms with Gasteiger partial charge < -0.3 is 14.8 Å². The Morgan fingerprint density at radius 3 is 2.42 bits per heavy atom. The monoisotopic (exact) mass is 448 g/mol. The van der Waals surface area contributed by atoms with Crippen LogP contribution in [0.3, 0.4) is 0 Å². The number of carbonyl (C=O) groups excluding carboxylic acids is 1. The fourth-order valence-electron chi connectivity index (χ4n) is 4.02. The molecule has 0 unspecified atom stereocenters. The van der Waals surface area contributed by atoms with E-state index in [1.807, 2.05) is 30.3 Å². The molecule has 0 bridgehead atoms.